The second-order valence-electron chi connectivity index (χ2n) is 6.90. The number of hydrogen-bond acceptors (Lipinski definition) is 5. The van der Waals surface area contributed by atoms with Crippen molar-refractivity contribution in [2.75, 3.05) is 6.54 Å². The van der Waals surface area contributed by atoms with E-state index in [-0.39, 0.29) is 0 Å². The van der Waals surface area contributed by atoms with Gasteiger partial charge in [0, 0.05) is 26.1 Å². The van der Waals surface area contributed by atoms with Crippen molar-refractivity contribution in [3.8, 4) is 0 Å². The van der Waals surface area contributed by atoms with Gasteiger partial charge in [0.1, 0.15) is 18.0 Å². The van der Waals surface area contributed by atoms with Gasteiger partial charge in [-0.05, 0) is 37.9 Å². The molecule has 1 fully saturated rings. The summed E-state index contributed by atoms with van der Waals surface area (Å²) in [5.41, 5.74) is 0. The van der Waals surface area contributed by atoms with Crippen LogP contribution in [0.2, 0.25) is 0 Å². The molecule has 134 valence electrons. The Kier molecular flexibility index (Phi) is 4.80. The number of hydrogen-bond donors (Lipinski definition) is 0. The largest absolute Gasteiger partial charge is 0.314 e. The van der Waals surface area contributed by atoms with Gasteiger partial charge in [0.2, 0.25) is 0 Å². The van der Waals surface area contributed by atoms with Crippen molar-refractivity contribution in [2.45, 2.75) is 64.3 Å². The summed E-state index contributed by atoms with van der Waals surface area (Å²) in [4.78, 5) is 2.43. The lowest BCUT2D eigenvalue weighted by Crippen LogP contribution is -2.29. The molecule has 2 aromatic heterocycles. The highest BCUT2D eigenvalue weighted by molar-refractivity contribution is 7.71. The van der Waals surface area contributed by atoms with Gasteiger partial charge in [0.05, 0.1) is 12.7 Å². The van der Waals surface area contributed by atoms with Crippen molar-refractivity contribution < 1.29 is 0 Å². The van der Waals surface area contributed by atoms with Crippen LogP contribution in [0.5, 0.6) is 0 Å². The van der Waals surface area contributed by atoms with Gasteiger partial charge in [-0.2, -0.15) is 5.10 Å². The molecule has 7 nitrogen and oxygen atoms in total. The molecule has 0 aliphatic carbocycles. The minimum Gasteiger partial charge on any atom is -0.314 e. The first kappa shape index (κ1) is 16.7. The van der Waals surface area contributed by atoms with Crippen molar-refractivity contribution in [1.29, 1.82) is 0 Å². The van der Waals surface area contributed by atoms with E-state index in [1.807, 2.05) is 15.3 Å². The number of allylic oxidation sites excluding steroid dienone is 1. The van der Waals surface area contributed by atoms with Crippen molar-refractivity contribution in [1.82, 2.24) is 34.0 Å². The van der Waals surface area contributed by atoms with Gasteiger partial charge >= 0.3 is 0 Å². The third-order valence-electron chi connectivity index (χ3n) is 5.24. The monoisotopic (exact) mass is 359 g/mol. The highest BCUT2D eigenvalue weighted by atomic mass is 32.1. The van der Waals surface area contributed by atoms with Gasteiger partial charge in [-0.3, -0.25) is 4.90 Å². The SMILES string of the molecule is C=CCn1cnn(CN2CCCC2c2nnc3n2CCCCC3)c1=S. The van der Waals surface area contributed by atoms with Crippen LogP contribution in [-0.2, 0) is 26.2 Å². The maximum atomic E-state index is 5.54. The third kappa shape index (κ3) is 3.20. The number of fused-ring (bicyclic) bond motifs is 1. The fourth-order valence-corrected chi connectivity index (χ4v) is 4.17. The zero-order valence-corrected chi connectivity index (χ0v) is 15.4. The molecule has 0 bridgehead atoms. The molecule has 0 N–H and O–H groups in total. The van der Waals surface area contributed by atoms with Crippen LogP contribution in [0.25, 0.3) is 0 Å². The molecule has 2 aliphatic rings. The average molecular weight is 360 g/mol. The van der Waals surface area contributed by atoms with E-state index in [2.05, 4.69) is 31.3 Å². The molecule has 8 heteroatoms. The minimum atomic E-state index is 0.311. The van der Waals surface area contributed by atoms with E-state index in [4.69, 9.17) is 12.2 Å². The first-order valence-corrected chi connectivity index (χ1v) is 9.58. The maximum absolute atomic E-state index is 5.54. The predicted molar refractivity (Wildman–Crippen MR) is 97.5 cm³/mol. The Morgan fingerprint density at radius 2 is 2.12 bits per heavy atom. The van der Waals surface area contributed by atoms with Gasteiger partial charge < -0.3 is 9.13 Å². The Hall–Kier alpha value is -1.80. The number of likely N-dealkylation sites (tertiary alicyclic amines) is 1. The number of rotatable bonds is 5. The molecule has 0 radical (unpaired) electrons. The molecule has 1 saturated heterocycles. The quantitative estimate of drug-likeness (QED) is 0.607. The summed E-state index contributed by atoms with van der Waals surface area (Å²) in [6, 6.07) is 0.311. The topological polar surface area (TPSA) is 56.7 Å². The Bertz CT molecular complexity index is 802. The normalized spacial score (nSPS) is 21.2. The molecular formula is C17H25N7S. The molecule has 2 aliphatic heterocycles. The summed E-state index contributed by atoms with van der Waals surface area (Å²) in [6.45, 7) is 7.27. The summed E-state index contributed by atoms with van der Waals surface area (Å²) in [5.74, 6) is 2.29. The lowest BCUT2D eigenvalue weighted by molar-refractivity contribution is 0.180. The highest BCUT2D eigenvalue weighted by Crippen LogP contribution is 2.32. The number of aryl methyl sites for hydroxylation is 1. The molecule has 0 saturated carbocycles. The van der Waals surface area contributed by atoms with Crippen LogP contribution in [0.4, 0.5) is 0 Å². The Labute approximate surface area is 153 Å². The number of aromatic nitrogens is 6. The summed E-state index contributed by atoms with van der Waals surface area (Å²) in [6.07, 6.45) is 10.7. The van der Waals surface area contributed by atoms with Gasteiger partial charge in [0.25, 0.3) is 0 Å². The second kappa shape index (κ2) is 7.21. The summed E-state index contributed by atoms with van der Waals surface area (Å²) >= 11 is 5.54. The second-order valence-corrected chi connectivity index (χ2v) is 7.27. The summed E-state index contributed by atoms with van der Waals surface area (Å²) in [7, 11) is 0. The molecule has 4 heterocycles. The average Bonchev–Trinajstić information content (AvgIpc) is 3.26. The van der Waals surface area contributed by atoms with E-state index < -0.39 is 0 Å². The molecular weight excluding hydrogens is 334 g/mol. The van der Waals surface area contributed by atoms with E-state index in [0.29, 0.717) is 19.3 Å². The zero-order chi connectivity index (χ0) is 17.2. The summed E-state index contributed by atoms with van der Waals surface area (Å²) in [5, 5.41) is 13.5. The first-order chi connectivity index (χ1) is 12.3. The third-order valence-corrected chi connectivity index (χ3v) is 5.68. The van der Waals surface area contributed by atoms with Crippen LogP contribution < -0.4 is 0 Å². The van der Waals surface area contributed by atoms with Crippen LogP contribution in [0.3, 0.4) is 0 Å². The molecule has 1 atom stereocenters. The smallest absolute Gasteiger partial charge is 0.199 e. The van der Waals surface area contributed by atoms with Crippen molar-refractivity contribution >= 4 is 12.2 Å². The van der Waals surface area contributed by atoms with Crippen molar-refractivity contribution in [3.05, 3.63) is 35.4 Å². The highest BCUT2D eigenvalue weighted by Gasteiger charge is 2.31. The van der Waals surface area contributed by atoms with Gasteiger partial charge in [-0.15, -0.1) is 16.8 Å². The fourth-order valence-electron chi connectivity index (χ4n) is 3.95. The Morgan fingerprint density at radius 3 is 3.00 bits per heavy atom. The fraction of sp³-hybridized carbons (Fsp3) is 0.647. The molecule has 0 aromatic carbocycles. The van der Waals surface area contributed by atoms with E-state index in [1.165, 1.54) is 25.7 Å². The minimum absolute atomic E-state index is 0.311. The van der Waals surface area contributed by atoms with Crippen LogP contribution >= 0.6 is 12.2 Å². The van der Waals surface area contributed by atoms with Crippen molar-refractivity contribution in [2.24, 2.45) is 0 Å². The molecule has 2 aromatic rings. The first-order valence-electron chi connectivity index (χ1n) is 9.17. The van der Waals surface area contributed by atoms with E-state index in [0.717, 1.165) is 42.4 Å². The lowest BCUT2D eigenvalue weighted by Gasteiger charge is -2.24. The van der Waals surface area contributed by atoms with Crippen molar-refractivity contribution in [3.63, 3.8) is 0 Å². The standard InChI is InChI=1S/C17H25N7S/c1-2-9-21-12-18-24(17(21)25)13-22-10-6-7-14(22)16-20-19-15-8-4-3-5-11-23(15)16/h2,12,14H,1,3-11,13H2. The predicted octanol–water partition coefficient (Wildman–Crippen LogP) is 2.71. The zero-order valence-electron chi connectivity index (χ0n) is 14.5. The van der Waals surface area contributed by atoms with Gasteiger partial charge in [0.15, 0.2) is 4.77 Å². The van der Waals surface area contributed by atoms with Crippen LogP contribution in [0, 0.1) is 4.77 Å². The molecule has 25 heavy (non-hydrogen) atoms. The van der Waals surface area contributed by atoms with Crippen LogP contribution in [0.1, 0.15) is 49.8 Å². The Morgan fingerprint density at radius 1 is 1.20 bits per heavy atom. The maximum Gasteiger partial charge on any atom is 0.199 e. The molecule has 0 spiro atoms. The van der Waals surface area contributed by atoms with E-state index >= 15 is 0 Å². The van der Waals surface area contributed by atoms with Gasteiger partial charge in [-0.1, -0.05) is 12.5 Å². The van der Waals surface area contributed by atoms with Gasteiger partial charge in [-0.25, -0.2) is 4.68 Å². The number of nitrogens with zero attached hydrogens (tertiary/aromatic N) is 7. The molecule has 4 rings (SSSR count). The van der Waals surface area contributed by atoms with E-state index in [1.54, 1.807) is 6.33 Å². The van der Waals surface area contributed by atoms with Crippen LogP contribution in [0.15, 0.2) is 19.0 Å². The molecule has 0 amide bonds. The Balaban J connectivity index is 1.56. The van der Waals surface area contributed by atoms with Crippen LogP contribution in [-0.4, -0.2) is 40.6 Å². The lowest BCUT2D eigenvalue weighted by atomic mass is 10.2. The van der Waals surface area contributed by atoms with E-state index in [9.17, 15) is 0 Å². The molecule has 1 unspecified atom stereocenters. The summed E-state index contributed by atoms with van der Waals surface area (Å²) < 4.78 is 6.95.